The van der Waals surface area contributed by atoms with Crippen LogP contribution in [0.4, 0.5) is 5.69 Å². The number of thiazole rings is 1. The summed E-state index contributed by atoms with van der Waals surface area (Å²) in [5, 5.41) is 5.51. The highest BCUT2D eigenvalue weighted by molar-refractivity contribution is 7.13. The highest BCUT2D eigenvalue weighted by Gasteiger charge is 2.11. The van der Waals surface area contributed by atoms with E-state index in [1.807, 2.05) is 23.6 Å². The molecule has 2 aromatic heterocycles. The van der Waals surface area contributed by atoms with Crippen LogP contribution in [0.25, 0.3) is 10.7 Å². The monoisotopic (exact) mass is 355 g/mol. The van der Waals surface area contributed by atoms with Gasteiger partial charge in [0.05, 0.1) is 32.0 Å². The zero-order chi connectivity index (χ0) is 17.6. The molecular weight excluding hydrogens is 338 g/mol. The van der Waals surface area contributed by atoms with Crippen molar-refractivity contribution in [2.75, 3.05) is 19.5 Å². The molecule has 7 heteroatoms. The van der Waals surface area contributed by atoms with Crippen molar-refractivity contribution >= 4 is 22.9 Å². The van der Waals surface area contributed by atoms with Crippen LogP contribution in [0, 0.1) is 0 Å². The smallest absolute Gasteiger partial charge is 0.230 e. The van der Waals surface area contributed by atoms with Gasteiger partial charge in [-0.1, -0.05) is 6.07 Å². The number of nitrogens with zero attached hydrogens (tertiary/aromatic N) is 2. The second kappa shape index (κ2) is 7.76. The van der Waals surface area contributed by atoms with Gasteiger partial charge >= 0.3 is 0 Å². The third-order valence-electron chi connectivity index (χ3n) is 3.41. The van der Waals surface area contributed by atoms with Crippen LogP contribution in [0.1, 0.15) is 5.69 Å². The molecule has 1 N–H and O–H groups in total. The van der Waals surface area contributed by atoms with E-state index in [0.717, 1.165) is 10.7 Å². The van der Waals surface area contributed by atoms with Gasteiger partial charge in [0.1, 0.15) is 16.5 Å². The first-order valence-electron chi connectivity index (χ1n) is 7.56. The average molecular weight is 355 g/mol. The summed E-state index contributed by atoms with van der Waals surface area (Å²) in [4.78, 5) is 21.0. The van der Waals surface area contributed by atoms with Gasteiger partial charge in [0, 0.05) is 35.5 Å². The van der Waals surface area contributed by atoms with Crippen molar-refractivity contribution in [3.05, 3.63) is 53.7 Å². The Morgan fingerprint density at radius 2 is 1.92 bits per heavy atom. The summed E-state index contributed by atoms with van der Waals surface area (Å²) in [7, 11) is 3.13. The lowest BCUT2D eigenvalue weighted by molar-refractivity contribution is -0.115. The standard InChI is InChI=1S/C18H17N3O3S/c1-23-14-7-12(8-15(10-14)24-2)20-17(22)9-13-11-25-18(21-13)16-5-3-4-6-19-16/h3-8,10-11H,9H2,1-2H3,(H,20,22). The summed E-state index contributed by atoms with van der Waals surface area (Å²) in [5.41, 5.74) is 2.12. The molecule has 0 saturated carbocycles. The van der Waals surface area contributed by atoms with E-state index < -0.39 is 0 Å². The molecule has 0 spiro atoms. The van der Waals surface area contributed by atoms with Crippen LogP contribution in [0.3, 0.4) is 0 Å². The number of nitrogens with one attached hydrogen (secondary N) is 1. The molecule has 1 amide bonds. The second-order valence-corrected chi connectivity index (χ2v) is 6.04. The molecule has 128 valence electrons. The Morgan fingerprint density at radius 3 is 2.56 bits per heavy atom. The maximum absolute atomic E-state index is 12.3. The van der Waals surface area contributed by atoms with E-state index in [0.29, 0.717) is 22.9 Å². The van der Waals surface area contributed by atoms with Crippen molar-refractivity contribution in [1.82, 2.24) is 9.97 Å². The normalized spacial score (nSPS) is 10.3. The summed E-state index contributed by atoms with van der Waals surface area (Å²) in [6.07, 6.45) is 1.90. The Bertz CT molecular complexity index is 843. The lowest BCUT2D eigenvalue weighted by Crippen LogP contribution is -2.14. The lowest BCUT2D eigenvalue weighted by Gasteiger charge is -2.09. The number of rotatable bonds is 6. The molecule has 0 fully saturated rings. The van der Waals surface area contributed by atoms with E-state index in [-0.39, 0.29) is 12.3 Å². The topological polar surface area (TPSA) is 73.3 Å². The van der Waals surface area contributed by atoms with E-state index in [9.17, 15) is 4.79 Å². The largest absolute Gasteiger partial charge is 0.497 e. The van der Waals surface area contributed by atoms with Gasteiger partial charge in [-0.05, 0) is 12.1 Å². The van der Waals surface area contributed by atoms with Gasteiger partial charge in [0.2, 0.25) is 5.91 Å². The van der Waals surface area contributed by atoms with Crippen molar-refractivity contribution in [2.45, 2.75) is 6.42 Å². The van der Waals surface area contributed by atoms with Crippen molar-refractivity contribution in [3.8, 4) is 22.2 Å². The number of pyridine rings is 1. The van der Waals surface area contributed by atoms with Gasteiger partial charge in [-0.3, -0.25) is 9.78 Å². The number of hydrogen-bond acceptors (Lipinski definition) is 6. The fourth-order valence-electron chi connectivity index (χ4n) is 2.24. The quantitative estimate of drug-likeness (QED) is 0.733. The molecule has 6 nitrogen and oxygen atoms in total. The Hall–Kier alpha value is -2.93. The van der Waals surface area contributed by atoms with Crippen LogP contribution in [-0.2, 0) is 11.2 Å². The summed E-state index contributed by atoms with van der Waals surface area (Å²) >= 11 is 1.47. The third kappa shape index (κ3) is 4.33. The number of carbonyl (C=O) groups is 1. The Labute approximate surface area is 149 Å². The van der Waals surface area contributed by atoms with Gasteiger partial charge in [-0.15, -0.1) is 11.3 Å². The van der Waals surface area contributed by atoms with Crippen LogP contribution in [0.15, 0.2) is 48.0 Å². The molecule has 2 heterocycles. The molecule has 0 aliphatic heterocycles. The highest BCUT2D eigenvalue weighted by Crippen LogP contribution is 2.26. The molecule has 0 bridgehead atoms. The molecule has 0 aliphatic rings. The van der Waals surface area contributed by atoms with E-state index in [1.54, 1.807) is 38.6 Å². The van der Waals surface area contributed by atoms with Crippen LogP contribution >= 0.6 is 11.3 Å². The number of aromatic nitrogens is 2. The first kappa shape index (κ1) is 16.9. The van der Waals surface area contributed by atoms with E-state index in [2.05, 4.69) is 15.3 Å². The molecule has 1 aromatic carbocycles. The van der Waals surface area contributed by atoms with Gasteiger partial charge in [0.15, 0.2) is 0 Å². The van der Waals surface area contributed by atoms with E-state index >= 15 is 0 Å². The van der Waals surface area contributed by atoms with E-state index in [1.165, 1.54) is 11.3 Å². The summed E-state index contributed by atoms with van der Waals surface area (Å²) in [5.74, 6) is 1.06. The van der Waals surface area contributed by atoms with Gasteiger partial charge < -0.3 is 14.8 Å². The summed E-state index contributed by atoms with van der Waals surface area (Å²) in [6, 6.07) is 10.9. The molecule has 0 unspecified atom stereocenters. The molecule has 0 aliphatic carbocycles. The van der Waals surface area contributed by atoms with Gasteiger partial charge in [0.25, 0.3) is 0 Å². The van der Waals surface area contributed by atoms with Crippen molar-refractivity contribution in [2.24, 2.45) is 0 Å². The molecule has 25 heavy (non-hydrogen) atoms. The molecular formula is C18H17N3O3S. The number of hydrogen-bond donors (Lipinski definition) is 1. The molecule has 3 aromatic rings. The minimum Gasteiger partial charge on any atom is -0.497 e. The molecule has 3 rings (SSSR count). The Morgan fingerprint density at radius 1 is 1.16 bits per heavy atom. The van der Waals surface area contributed by atoms with Gasteiger partial charge in [-0.2, -0.15) is 0 Å². The number of amides is 1. The van der Waals surface area contributed by atoms with Crippen LogP contribution < -0.4 is 14.8 Å². The molecule has 0 atom stereocenters. The van der Waals surface area contributed by atoms with Crippen molar-refractivity contribution in [3.63, 3.8) is 0 Å². The predicted molar refractivity (Wildman–Crippen MR) is 97.2 cm³/mol. The Kier molecular flexibility index (Phi) is 5.25. The van der Waals surface area contributed by atoms with Crippen molar-refractivity contribution < 1.29 is 14.3 Å². The number of ether oxygens (including phenoxy) is 2. The van der Waals surface area contributed by atoms with Crippen LogP contribution in [0.2, 0.25) is 0 Å². The van der Waals surface area contributed by atoms with Crippen LogP contribution in [0.5, 0.6) is 11.5 Å². The fraction of sp³-hybridized carbons (Fsp3) is 0.167. The second-order valence-electron chi connectivity index (χ2n) is 5.19. The minimum atomic E-state index is -0.159. The zero-order valence-electron chi connectivity index (χ0n) is 13.9. The Balaban J connectivity index is 1.68. The lowest BCUT2D eigenvalue weighted by atomic mass is 10.2. The van der Waals surface area contributed by atoms with Crippen LogP contribution in [-0.4, -0.2) is 30.1 Å². The number of methoxy groups -OCH3 is 2. The maximum atomic E-state index is 12.3. The maximum Gasteiger partial charge on any atom is 0.230 e. The summed E-state index contributed by atoms with van der Waals surface area (Å²) in [6.45, 7) is 0. The first-order chi connectivity index (χ1) is 12.2. The zero-order valence-corrected chi connectivity index (χ0v) is 14.7. The minimum absolute atomic E-state index is 0.159. The number of benzene rings is 1. The number of carbonyl (C=O) groups excluding carboxylic acids is 1. The fourth-order valence-corrected chi connectivity index (χ4v) is 3.04. The summed E-state index contributed by atoms with van der Waals surface area (Å²) < 4.78 is 10.4. The molecule has 0 saturated heterocycles. The molecule has 0 radical (unpaired) electrons. The van der Waals surface area contributed by atoms with Gasteiger partial charge in [-0.25, -0.2) is 4.98 Å². The predicted octanol–water partition coefficient (Wildman–Crippen LogP) is 3.40. The SMILES string of the molecule is COc1cc(NC(=O)Cc2csc(-c3ccccn3)n2)cc(OC)c1. The van der Waals surface area contributed by atoms with E-state index in [4.69, 9.17) is 9.47 Å². The first-order valence-corrected chi connectivity index (χ1v) is 8.44. The average Bonchev–Trinajstić information content (AvgIpc) is 3.10. The third-order valence-corrected chi connectivity index (χ3v) is 4.33. The van der Waals surface area contributed by atoms with Crippen molar-refractivity contribution in [1.29, 1.82) is 0 Å². The highest BCUT2D eigenvalue weighted by atomic mass is 32.1. The number of anilines is 1.